The van der Waals surface area contributed by atoms with Crippen LogP contribution in [0.15, 0.2) is 59.6 Å². The average molecular weight is 520 g/mol. The summed E-state index contributed by atoms with van der Waals surface area (Å²) in [5.74, 6) is 0.435. The Morgan fingerprint density at radius 1 is 1.03 bits per heavy atom. The van der Waals surface area contributed by atoms with Crippen molar-refractivity contribution in [2.75, 3.05) is 6.61 Å². The summed E-state index contributed by atoms with van der Waals surface area (Å²) in [6.07, 6.45) is 6.94. The average Bonchev–Trinajstić information content (AvgIpc) is 3.43. The number of amidine groups is 1. The second kappa shape index (κ2) is 15.1. The number of nitrogens with two attached hydrogens (primary N) is 1. The fourth-order valence-corrected chi connectivity index (χ4v) is 4.87. The number of Topliss-reactive ketones (excluding diaryl/α,β-unsaturated/α-hetero) is 1. The molecule has 0 heterocycles. The molecule has 1 saturated carbocycles. The zero-order valence-electron chi connectivity index (χ0n) is 22.7. The molecule has 0 bridgehead atoms. The molecule has 0 aliphatic heterocycles. The van der Waals surface area contributed by atoms with Crippen molar-refractivity contribution in [3.05, 3.63) is 71.3 Å². The maximum Gasteiger partial charge on any atom is 0.435 e. The molecule has 3 atom stereocenters. The van der Waals surface area contributed by atoms with Gasteiger partial charge in [-0.05, 0) is 56.1 Å². The maximum atomic E-state index is 12.8. The SMILES string of the molecule is CCCCCCOC(=O)N=C(N)c1ccc(CCC(=O)[C@H](C)NC(=O)[C@@H]2CC[C@@H](c3ccccc3)C2)cc1. The van der Waals surface area contributed by atoms with E-state index in [2.05, 4.69) is 29.4 Å². The number of carbonyl (C=O) groups excluding carboxylic acids is 3. The van der Waals surface area contributed by atoms with Crippen LogP contribution in [0.1, 0.15) is 87.8 Å². The van der Waals surface area contributed by atoms with Gasteiger partial charge in [0.05, 0.1) is 12.6 Å². The number of nitrogens with zero attached hydrogens (tertiary/aromatic N) is 1. The van der Waals surface area contributed by atoms with Gasteiger partial charge in [-0.25, -0.2) is 4.79 Å². The van der Waals surface area contributed by atoms with Crippen LogP contribution in [0.5, 0.6) is 0 Å². The van der Waals surface area contributed by atoms with Crippen molar-refractivity contribution < 1.29 is 19.1 Å². The summed E-state index contributed by atoms with van der Waals surface area (Å²) >= 11 is 0. The number of hydrogen-bond acceptors (Lipinski definition) is 4. The molecule has 7 nitrogen and oxygen atoms in total. The van der Waals surface area contributed by atoms with Gasteiger partial charge in [0.2, 0.25) is 5.91 Å². The molecule has 0 saturated heterocycles. The van der Waals surface area contributed by atoms with Crippen LogP contribution in [0.3, 0.4) is 0 Å². The molecule has 7 heteroatoms. The molecule has 0 spiro atoms. The van der Waals surface area contributed by atoms with Crippen molar-refractivity contribution in [2.24, 2.45) is 16.6 Å². The van der Waals surface area contributed by atoms with Gasteiger partial charge >= 0.3 is 6.09 Å². The molecule has 2 aromatic rings. The quantitative estimate of drug-likeness (QED) is 0.200. The van der Waals surface area contributed by atoms with E-state index < -0.39 is 12.1 Å². The lowest BCUT2D eigenvalue weighted by molar-refractivity contribution is -0.129. The summed E-state index contributed by atoms with van der Waals surface area (Å²) < 4.78 is 5.10. The highest BCUT2D eigenvalue weighted by molar-refractivity contribution is 6.02. The van der Waals surface area contributed by atoms with Gasteiger partial charge in [-0.1, -0.05) is 80.8 Å². The van der Waals surface area contributed by atoms with E-state index in [-0.39, 0.29) is 23.4 Å². The minimum Gasteiger partial charge on any atom is -0.448 e. The number of amides is 2. The number of aliphatic imine (C=N–C) groups is 1. The molecule has 204 valence electrons. The van der Waals surface area contributed by atoms with Crippen molar-refractivity contribution in [3.63, 3.8) is 0 Å². The van der Waals surface area contributed by atoms with Gasteiger partial charge in [0.1, 0.15) is 5.84 Å². The summed E-state index contributed by atoms with van der Waals surface area (Å²) in [5.41, 5.74) is 8.82. The minimum atomic E-state index is -0.683. The third kappa shape index (κ3) is 9.12. The second-order valence-corrected chi connectivity index (χ2v) is 10.2. The normalized spacial score (nSPS) is 18.1. The lowest BCUT2D eigenvalue weighted by Crippen LogP contribution is -2.41. The zero-order chi connectivity index (χ0) is 27.3. The largest absolute Gasteiger partial charge is 0.448 e. The van der Waals surface area contributed by atoms with E-state index in [1.807, 2.05) is 30.3 Å². The molecule has 1 aliphatic rings. The van der Waals surface area contributed by atoms with E-state index in [1.54, 1.807) is 19.1 Å². The highest BCUT2D eigenvalue weighted by Gasteiger charge is 2.31. The van der Waals surface area contributed by atoms with Crippen LogP contribution in [-0.2, 0) is 20.7 Å². The van der Waals surface area contributed by atoms with E-state index >= 15 is 0 Å². The first-order valence-corrected chi connectivity index (χ1v) is 13.9. The molecule has 3 rings (SSSR count). The van der Waals surface area contributed by atoms with Crippen LogP contribution in [0.25, 0.3) is 0 Å². The first-order chi connectivity index (χ1) is 18.4. The Kier molecular flexibility index (Phi) is 11.5. The van der Waals surface area contributed by atoms with E-state index in [9.17, 15) is 14.4 Å². The predicted molar refractivity (Wildman–Crippen MR) is 150 cm³/mol. The summed E-state index contributed by atoms with van der Waals surface area (Å²) in [7, 11) is 0. The summed E-state index contributed by atoms with van der Waals surface area (Å²) in [5, 5.41) is 2.93. The number of carbonyl (C=O) groups is 3. The zero-order valence-corrected chi connectivity index (χ0v) is 22.7. The van der Waals surface area contributed by atoms with Gasteiger partial charge in [-0.2, -0.15) is 4.99 Å². The molecule has 3 N–H and O–H groups in total. The first kappa shape index (κ1) is 29.1. The minimum absolute atomic E-state index is 0.00258. The second-order valence-electron chi connectivity index (χ2n) is 10.2. The molecule has 0 unspecified atom stereocenters. The van der Waals surface area contributed by atoms with Crippen LogP contribution in [-0.4, -0.2) is 36.3 Å². The Hall–Kier alpha value is -3.48. The third-order valence-corrected chi connectivity index (χ3v) is 7.26. The fourth-order valence-electron chi connectivity index (χ4n) is 4.87. The van der Waals surface area contributed by atoms with Crippen LogP contribution in [0.4, 0.5) is 4.79 Å². The lowest BCUT2D eigenvalue weighted by Gasteiger charge is -2.17. The van der Waals surface area contributed by atoms with Gasteiger partial charge in [0.25, 0.3) is 0 Å². The Morgan fingerprint density at radius 3 is 2.47 bits per heavy atom. The number of nitrogens with one attached hydrogen (secondary N) is 1. The van der Waals surface area contributed by atoms with Crippen LogP contribution < -0.4 is 11.1 Å². The molecule has 1 fully saturated rings. The van der Waals surface area contributed by atoms with E-state index in [4.69, 9.17) is 10.5 Å². The Balaban J connectivity index is 1.40. The molecule has 0 aromatic heterocycles. The number of rotatable bonds is 13. The topological polar surface area (TPSA) is 111 Å². The summed E-state index contributed by atoms with van der Waals surface area (Å²) in [4.78, 5) is 41.1. The standard InChI is InChI=1S/C31H41N3O4/c1-3-4-5-9-20-38-31(37)34-29(32)25-15-12-23(13-16-25)14-19-28(35)22(2)33-30(36)27-18-17-26(21-27)24-10-7-6-8-11-24/h6-8,10-13,15-16,22,26-27H,3-5,9,14,17-21H2,1-2H3,(H,33,36)(H2,32,34,37)/t22-,26+,27+/m0/s1. The van der Waals surface area contributed by atoms with Gasteiger partial charge in [-0.3, -0.25) is 9.59 Å². The number of aryl methyl sites for hydroxylation is 1. The number of benzene rings is 2. The van der Waals surface area contributed by atoms with Gasteiger partial charge < -0.3 is 15.8 Å². The fraction of sp³-hybridized carbons (Fsp3) is 0.484. The molecular weight excluding hydrogens is 478 g/mol. The van der Waals surface area contributed by atoms with Gasteiger partial charge in [-0.15, -0.1) is 0 Å². The number of ether oxygens (including phenoxy) is 1. The lowest BCUT2D eigenvalue weighted by atomic mass is 9.96. The molecule has 38 heavy (non-hydrogen) atoms. The Labute approximate surface area is 226 Å². The van der Waals surface area contributed by atoms with E-state index in [0.29, 0.717) is 30.9 Å². The van der Waals surface area contributed by atoms with E-state index in [0.717, 1.165) is 50.5 Å². The Bertz CT molecular complexity index is 1080. The molecular formula is C31H41N3O4. The van der Waals surface area contributed by atoms with Crippen LogP contribution in [0.2, 0.25) is 0 Å². The van der Waals surface area contributed by atoms with Crippen molar-refractivity contribution in [2.45, 2.75) is 83.6 Å². The van der Waals surface area contributed by atoms with Gasteiger partial charge in [0.15, 0.2) is 5.78 Å². The van der Waals surface area contributed by atoms with Crippen molar-refractivity contribution in [1.82, 2.24) is 5.32 Å². The highest BCUT2D eigenvalue weighted by Crippen LogP contribution is 2.38. The maximum absolute atomic E-state index is 12.8. The number of unbranched alkanes of at least 4 members (excludes halogenated alkanes) is 3. The van der Waals surface area contributed by atoms with Gasteiger partial charge in [0, 0.05) is 17.9 Å². The van der Waals surface area contributed by atoms with Crippen molar-refractivity contribution in [1.29, 1.82) is 0 Å². The predicted octanol–water partition coefficient (Wildman–Crippen LogP) is 5.70. The third-order valence-electron chi connectivity index (χ3n) is 7.26. The number of hydrogen-bond donors (Lipinski definition) is 2. The molecule has 0 radical (unpaired) electrons. The van der Waals surface area contributed by atoms with E-state index in [1.165, 1.54) is 5.56 Å². The highest BCUT2D eigenvalue weighted by atomic mass is 16.5. The molecule has 1 aliphatic carbocycles. The monoisotopic (exact) mass is 519 g/mol. The summed E-state index contributed by atoms with van der Waals surface area (Å²) in [6.45, 7) is 4.22. The smallest absolute Gasteiger partial charge is 0.435 e. The molecule has 2 aromatic carbocycles. The first-order valence-electron chi connectivity index (χ1n) is 13.9. The van der Waals surface area contributed by atoms with Crippen molar-refractivity contribution >= 4 is 23.6 Å². The van der Waals surface area contributed by atoms with Crippen LogP contribution >= 0.6 is 0 Å². The molecule has 2 amide bonds. The van der Waals surface area contributed by atoms with Crippen molar-refractivity contribution in [3.8, 4) is 0 Å². The summed E-state index contributed by atoms with van der Waals surface area (Å²) in [6, 6.07) is 17.1. The number of ketones is 1. The van der Waals surface area contributed by atoms with Crippen LogP contribution in [0, 0.1) is 5.92 Å². The Morgan fingerprint density at radius 2 is 1.76 bits per heavy atom.